The van der Waals surface area contributed by atoms with Gasteiger partial charge in [0.2, 0.25) is 11.8 Å². The minimum Gasteiger partial charge on any atom is -0.480 e. The minimum absolute atomic E-state index is 0.766. The molecule has 0 aromatic heterocycles. The van der Waals surface area contributed by atoms with E-state index < -0.39 is 160 Å². The summed E-state index contributed by atoms with van der Waals surface area (Å²) in [5.74, 6) is -8.12. The number of carboxylic acid groups (broad SMARTS) is 2. The van der Waals surface area contributed by atoms with Crippen LogP contribution in [0.5, 0.6) is 0 Å². The third kappa shape index (κ3) is 10.1. The topological polar surface area (TPSA) is 396 Å². The van der Waals surface area contributed by atoms with E-state index in [1.165, 1.54) is 6.92 Å². The lowest BCUT2D eigenvalue weighted by molar-refractivity contribution is -0.382. The molecule has 2 amide bonds. The van der Waals surface area contributed by atoms with Gasteiger partial charge in [-0.1, -0.05) is 0 Å². The Bertz CT molecular complexity index is 1270. The lowest BCUT2D eigenvalue weighted by atomic mass is 9.88. The monoisotopic (exact) mass is 775 g/mol. The maximum absolute atomic E-state index is 12.8. The van der Waals surface area contributed by atoms with Crippen LogP contribution in [0.25, 0.3) is 0 Å². The molecule has 24 heteroatoms. The summed E-state index contributed by atoms with van der Waals surface area (Å²) in [5, 5.41) is 119. The number of carbonyl (C=O) groups is 4. The fourth-order valence-electron chi connectivity index (χ4n) is 6.16. The van der Waals surface area contributed by atoms with E-state index >= 15 is 0 Å². The van der Waals surface area contributed by atoms with Gasteiger partial charge in [-0.3, -0.25) is 14.4 Å². The molecule has 0 saturated carbocycles. The van der Waals surface area contributed by atoms with E-state index in [-0.39, 0.29) is 0 Å². The number of amides is 2. The lowest BCUT2D eigenvalue weighted by Gasteiger charge is -2.51. The summed E-state index contributed by atoms with van der Waals surface area (Å²) >= 11 is 0. The van der Waals surface area contributed by atoms with E-state index in [4.69, 9.17) is 34.2 Å². The second-order valence-electron chi connectivity index (χ2n) is 12.9. The summed E-state index contributed by atoms with van der Waals surface area (Å²) in [6.07, 6.45) is -27.7. The van der Waals surface area contributed by atoms with Crippen molar-refractivity contribution in [2.24, 2.45) is 5.73 Å². The molecular weight excluding hydrogens is 726 g/mol. The van der Waals surface area contributed by atoms with Gasteiger partial charge in [-0.25, -0.2) is 4.79 Å². The highest BCUT2D eigenvalue weighted by molar-refractivity contribution is 5.77. The standard InChI is InChI=1S/C29H49N3O21/c1-8(15(30)25(44)45)48-26-17(32-10(3)37)22(19(41)13(6-34)49-26)51-27-21(43)24(20(42)14(7-35)50-27)53-29(28(46)47)4-11(38)16(31-9(2)36)23(52-29)18(40)12(39)5-33/h8,11-24,26-27,33-35,38-43H,4-7,30H2,1-3H3,(H,31,36)(H,32,37)(H,44,45)(H,46,47)/t8-,11+,12-,13-,14-,15+,16-,17-,18-,19+,20+,21-,22-,23-,24+,26-,27+,29+/m1/s1. The highest BCUT2D eigenvalue weighted by Crippen LogP contribution is 2.38. The predicted octanol–water partition coefficient (Wildman–Crippen LogP) is -8.25. The molecule has 0 aromatic carbocycles. The Morgan fingerprint density at radius 3 is 1.87 bits per heavy atom. The van der Waals surface area contributed by atoms with Gasteiger partial charge in [-0.2, -0.15) is 0 Å². The van der Waals surface area contributed by atoms with E-state index in [9.17, 15) is 75.3 Å². The first kappa shape index (κ1) is 44.6. The van der Waals surface area contributed by atoms with Gasteiger partial charge in [0.05, 0.1) is 38.1 Å². The van der Waals surface area contributed by atoms with Crippen LogP contribution >= 0.6 is 0 Å². The van der Waals surface area contributed by atoms with Gasteiger partial charge in [0, 0.05) is 20.3 Å². The number of hydrogen-bond acceptors (Lipinski definition) is 20. The van der Waals surface area contributed by atoms with Gasteiger partial charge in [0.1, 0.15) is 73.1 Å². The maximum Gasteiger partial charge on any atom is 0.364 e. The SMILES string of the molecule is CC(=O)N[C@H]1[C@H](O[C@H](C)[C@H](N)C(=O)O)O[C@H](CO)[C@H](O)[C@@H]1O[C@@H]1O[C@H](CO)[C@H](O)[C@H](O[C@]2(C(=O)O)C[C@H](O)[C@@H](NC(C)=O)[C@H]([C@H](O)[C@H](O)CO)O2)[C@H]1O. The largest absolute Gasteiger partial charge is 0.480 e. The molecule has 15 N–H and O–H groups in total. The maximum atomic E-state index is 12.8. The van der Waals surface area contributed by atoms with Crippen LogP contribution in [-0.4, -0.2) is 209 Å². The predicted molar refractivity (Wildman–Crippen MR) is 166 cm³/mol. The Morgan fingerprint density at radius 1 is 0.849 bits per heavy atom. The molecule has 3 heterocycles. The fraction of sp³-hybridized carbons (Fsp3) is 0.862. The zero-order valence-corrected chi connectivity index (χ0v) is 28.7. The second-order valence-corrected chi connectivity index (χ2v) is 12.9. The molecule has 18 atom stereocenters. The van der Waals surface area contributed by atoms with Crippen molar-refractivity contribution in [3.8, 4) is 0 Å². The van der Waals surface area contributed by atoms with Crippen LogP contribution in [0, 0.1) is 0 Å². The molecule has 0 unspecified atom stereocenters. The van der Waals surface area contributed by atoms with Crippen LogP contribution in [0.15, 0.2) is 0 Å². The number of hydrogen-bond donors (Lipinski definition) is 14. The Hall–Kier alpha value is -2.76. The number of carboxylic acids is 2. The summed E-state index contributed by atoms with van der Waals surface area (Å²) < 4.78 is 33.8. The smallest absolute Gasteiger partial charge is 0.364 e. The van der Waals surface area contributed by atoms with E-state index in [1.807, 2.05) is 0 Å². The molecule has 0 aliphatic carbocycles. The number of aliphatic carboxylic acids is 2. The number of nitrogens with one attached hydrogen (secondary N) is 2. The molecule has 0 radical (unpaired) electrons. The molecule has 24 nitrogen and oxygen atoms in total. The first-order valence-corrected chi connectivity index (χ1v) is 16.4. The summed E-state index contributed by atoms with van der Waals surface area (Å²) in [4.78, 5) is 48.3. The highest BCUT2D eigenvalue weighted by atomic mass is 16.8. The number of carbonyl (C=O) groups excluding carboxylic acids is 2. The summed E-state index contributed by atoms with van der Waals surface area (Å²) in [6, 6.07) is -4.78. The zero-order chi connectivity index (χ0) is 40.1. The Labute approximate surface area is 300 Å². The average Bonchev–Trinajstić information content (AvgIpc) is 3.09. The van der Waals surface area contributed by atoms with Gasteiger partial charge < -0.3 is 101 Å². The van der Waals surface area contributed by atoms with Crippen LogP contribution in [0.4, 0.5) is 0 Å². The second kappa shape index (κ2) is 18.7. The Balaban J connectivity index is 2.01. The van der Waals surface area contributed by atoms with Crippen molar-refractivity contribution in [3.63, 3.8) is 0 Å². The van der Waals surface area contributed by atoms with Gasteiger partial charge in [-0.15, -0.1) is 0 Å². The molecule has 3 aliphatic heterocycles. The van der Waals surface area contributed by atoms with Gasteiger partial charge in [-0.05, 0) is 6.92 Å². The van der Waals surface area contributed by atoms with Crippen molar-refractivity contribution in [1.82, 2.24) is 10.6 Å². The number of rotatable bonds is 16. The number of aliphatic hydroxyl groups excluding tert-OH is 9. The van der Waals surface area contributed by atoms with E-state index in [1.54, 1.807) is 0 Å². The van der Waals surface area contributed by atoms with Crippen LogP contribution < -0.4 is 16.4 Å². The lowest BCUT2D eigenvalue weighted by Crippen LogP contribution is -2.71. The molecular formula is C29H49N3O21. The number of ether oxygens (including phenoxy) is 6. The van der Waals surface area contributed by atoms with E-state index in [0.29, 0.717) is 0 Å². The molecule has 3 saturated heterocycles. The third-order valence-electron chi connectivity index (χ3n) is 8.99. The minimum atomic E-state index is -3.10. The molecule has 53 heavy (non-hydrogen) atoms. The molecule has 3 fully saturated rings. The first-order valence-electron chi connectivity index (χ1n) is 16.4. The molecule has 0 bridgehead atoms. The van der Waals surface area contributed by atoms with Crippen LogP contribution in [0.1, 0.15) is 27.2 Å². The van der Waals surface area contributed by atoms with Crippen molar-refractivity contribution in [2.75, 3.05) is 19.8 Å². The first-order chi connectivity index (χ1) is 24.7. The van der Waals surface area contributed by atoms with E-state index in [0.717, 1.165) is 13.8 Å². The Morgan fingerprint density at radius 2 is 1.38 bits per heavy atom. The van der Waals surface area contributed by atoms with Gasteiger partial charge in [0.15, 0.2) is 12.6 Å². The van der Waals surface area contributed by atoms with Crippen molar-refractivity contribution >= 4 is 23.8 Å². The summed E-state index contributed by atoms with van der Waals surface area (Å²) in [5.41, 5.74) is 5.64. The molecule has 0 spiro atoms. The third-order valence-corrected chi connectivity index (χ3v) is 8.99. The van der Waals surface area contributed by atoms with Gasteiger partial charge >= 0.3 is 11.9 Å². The van der Waals surface area contributed by atoms with Crippen molar-refractivity contribution < 1.29 is 104 Å². The van der Waals surface area contributed by atoms with Crippen LogP contribution in [0.2, 0.25) is 0 Å². The number of aliphatic hydroxyl groups is 9. The molecule has 3 rings (SSSR count). The highest BCUT2D eigenvalue weighted by Gasteiger charge is 2.60. The quantitative estimate of drug-likeness (QED) is 0.0692. The zero-order valence-electron chi connectivity index (χ0n) is 28.7. The van der Waals surface area contributed by atoms with E-state index in [2.05, 4.69) is 10.6 Å². The van der Waals surface area contributed by atoms with Crippen molar-refractivity contribution in [3.05, 3.63) is 0 Å². The van der Waals surface area contributed by atoms with Gasteiger partial charge in [0.25, 0.3) is 5.79 Å². The van der Waals surface area contributed by atoms with Crippen molar-refractivity contribution in [2.45, 2.75) is 137 Å². The normalized spacial score (nSPS) is 40.0. The summed E-state index contributed by atoms with van der Waals surface area (Å²) in [7, 11) is 0. The summed E-state index contributed by atoms with van der Waals surface area (Å²) in [6.45, 7) is 0.303. The Kier molecular flexibility index (Phi) is 15.8. The van der Waals surface area contributed by atoms with Crippen LogP contribution in [-0.2, 0) is 47.6 Å². The molecule has 0 aromatic rings. The molecule has 3 aliphatic rings. The molecule has 306 valence electrons. The average molecular weight is 776 g/mol. The fourth-order valence-corrected chi connectivity index (χ4v) is 6.16. The van der Waals surface area contributed by atoms with Crippen LogP contribution in [0.3, 0.4) is 0 Å². The van der Waals surface area contributed by atoms with Crippen molar-refractivity contribution in [1.29, 1.82) is 0 Å². The number of nitrogens with two attached hydrogens (primary N) is 1.